The number of hydrogen-bond acceptors (Lipinski definition) is 4. The minimum atomic E-state index is 0.0409. The van der Waals surface area contributed by atoms with Crippen molar-refractivity contribution in [3.63, 3.8) is 0 Å². The van der Waals surface area contributed by atoms with Crippen LogP contribution in [0.15, 0.2) is 24.7 Å². The van der Waals surface area contributed by atoms with E-state index in [1.807, 2.05) is 15.8 Å². The number of anilines is 1. The molecule has 7 heteroatoms. The van der Waals surface area contributed by atoms with Crippen molar-refractivity contribution in [2.75, 3.05) is 31.1 Å². The number of aromatic nitrogens is 3. The highest BCUT2D eigenvalue weighted by Crippen LogP contribution is 2.30. The molecule has 0 radical (unpaired) electrons. The first-order valence-corrected chi connectivity index (χ1v) is 10.2. The molecule has 0 aromatic carbocycles. The number of carbonyl (C=O) groups is 1. The number of hydrogen-bond donors (Lipinski definition) is 0. The van der Waals surface area contributed by atoms with Crippen LogP contribution in [-0.2, 0) is 0 Å². The van der Waals surface area contributed by atoms with Crippen LogP contribution in [-0.4, -0.2) is 51.8 Å². The van der Waals surface area contributed by atoms with Gasteiger partial charge in [-0.15, -0.1) is 0 Å². The number of piperidine rings is 2. The van der Waals surface area contributed by atoms with E-state index in [0.29, 0.717) is 16.6 Å². The lowest BCUT2D eigenvalue weighted by molar-refractivity contribution is 0.0724. The van der Waals surface area contributed by atoms with E-state index in [0.717, 1.165) is 57.7 Å². The summed E-state index contributed by atoms with van der Waals surface area (Å²) in [6.07, 6.45) is 11.2. The Labute approximate surface area is 165 Å². The van der Waals surface area contributed by atoms with Gasteiger partial charge in [-0.3, -0.25) is 9.48 Å². The maximum atomic E-state index is 12.7. The molecule has 144 valence electrons. The zero-order valence-electron chi connectivity index (χ0n) is 15.8. The van der Waals surface area contributed by atoms with Crippen LogP contribution in [0.5, 0.6) is 0 Å². The smallest absolute Gasteiger partial charge is 0.255 e. The van der Waals surface area contributed by atoms with E-state index in [2.05, 4.69) is 28.1 Å². The van der Waals surface area contributed by atoms with E-state index < -0.39 is 0 Å². The van der Waals surface area contributed by atoms with Crippen LogP contribution in [0, 0.1) is 6.92 Å². The van der Waals surface area contributed by atoms with Crippen LogP contribution >= 0.6 is 11.6 Å². The van der Waals surface area contributed by atoms with E-state index in [1.165, 1.54) is 12.0 Å². The maximum Gasteiger partial charge on any atom is 0.255 e. The Morgan fingerprint density at radius 3 is 2.67 bits per heavy atom. The summed E-state index contributed by atoms with van der Waals surface area (Å²) in [4.78, 5) is 21.4. The molecular weight excluding hydrogens is 362 g/mol. The standard InChI is InChI=1S/C20H26ClN5O/c1-15-11-23-26(13-15)17-6-5-9-25(14-17)19-18(21)10-16(12-22-19)20(27)24-7-3-2-4-8-24/h10-13,17H,2-9,14H2,1H3. The van der Waals surface area contributed by atoms with Crippen molar-refractivity contribution < 1.29 is 4.79 Å². The van der Waals surface area contributed by atoms with Crippen LogP contribution in [0.1, 0.15) is 54.1 Å². The summed E-state index contributed by atoms with van der Waals surface area (Å²) in [7, 11) is 0. The number of amides is 1. The van der Waals surface area contributed by atoms with E-state index in [4.69, 9.17) is 11.6 Å². The lowest BCUT2D eigenvalue weighted by Crippen LogP contribution is -2.38. The zero-order valence-corrected chi connectivity index (χ0v) is 16.5. The summed E-state index contributed by atoms with van der Waals surface area (Å²) in [6, 6.07) is 2.10. The number of halogens is 1. The highest BCUT2D eigenvalue weighted by Gasteiger charge is 2.25. The van der Waals surface area contributed by atoms with E-state index in [9.17, 15) is 4.79 Å². The number of carbonyl (C=O) groups excluding carboxylic acids is 1. The molecule has 2 aliphatic heterocycles. The highest BCUT2D eigenvalue weighted by molar-refractivity contribution is 6.33. The van der Waals surface area contributed by atoms with Crippen molar-refractivity contribution >= 4 is 23.3 Å². The summed E-state index contributed by atoms with van der Waals surface area (Å²) in [5.74, 6) is 0.805. The fourth-order valence-corrected chi connectivity index (χ4v) is 4.34. The van der Waals surface area contributed by atoms with Gasteiger partial charge in [-0.05, 0) is 50.7 Å². The molecule has 0 saturated carbocycles. The van der Waals surface area contributed by atoms with Gasteiger partial charge >= 0.3 is 0 Å². The minimum absolute atomic E-state index is 0.0409. The molecule has 2 aliphatic rings. The SMILES string of the molecule is Cc1cnn(C2CCCN(c3ncc(C(=O)N4CCCCC4)cc3Cl)C2)c1. The van der Waals surface area contributed by atoms with Gasteiger partial charge in [0, 0.05) is 38.6 Å². The summed E-state index contributed by atoms with van der Waals surface area (Å²) < 4.78 is 2.05. The second kappa shape index (κ2) is 7.89. The van der Waals surface area contributed by atoms with Crippen molar-refractivity contribution in [1.82, 2.24) is 19.7 Å². The lowest BCUT2D eigenvalue weighted by Gasteiger charge is -2.34. The molecule has 0 N–H and O–H groups in total. The third kappa shape index (κ3) is 3.95. The fourth-order valence-electron chi connectivity index (χ4n) is 4.06. The van der Waals surface area contributed by atoms with Crippen LogP contribution in [0.4, 0.5) is 5.82 Å². The van der Waals surface area contributed by atoms with Crippen LogP contribution in [0.3, 0.4) is 0 Å². The number of nitrogens with zero attached hydrogens (tertiary/aromatic N) is 5. The fraction of sp³-hybridized carbons (Fsp3) is 0.550. The minimum Gasteiger partial charge on any atom is -0.353 e. The average molecular weight is 388 g/mol. The molecule has 0 spiro atoms. The predicted molar refractivity (Wildman–Crippen MR) is 106 cm³/mol. The molecule has 1 atom stereocenters. The van der Waals surface area contributed by atoms with Gasteiger partial charge in [-0.1, -0.05) is 11.6 Å². The monoisotopic (exact) mass is 387 g/mol. The third-order valence-electron chi connectivity index (χ3n) is 5.51. The number of aryl methyl sites for hydroxylation is 1. The molecule has 0 bridgehead atoms. The molecule has 6 nitrogen and oxygen atoms in total. The van der Waals surface area contributed by atoms with Crippen LogP contribution in [0.25, 0.3) is 0 Å². The van der Waals surface area contributed by atoms with Crippen molar-refractivity contribution in [3.05, 3.63) is 40.8 Å². The first kappa shape index (κ1) is 18.3. The van der Waals surface area contributed by atoms with Gasteiger partial charge in [0.05, 0.1) is 22.8 Å². The van der Waals surface area contributed by atoms with Crippen LogP contribution < -0.4 is 4.90 Å². The second-order valence-electron chi connectivity index (χ2n) is 7.62. The molecular formula is C20H26ClN5O. The van der Waals surface area contributed by atoms with Gasteiger partial charge < -0.3 is 9.80 Å². The molecule has 4 heterocycles. The average Bonchev–Trinajstić information content (AvgIpc) is 3.14. The molecule has 4 rings (SSSR count). The predicted octanol–water partition coefficient (Wildman–Crippen LogP) is 3.71. The highest BCUT2D eigenvalue weighted by atomic mass is 35.5. The molecule has 2 aromatic heterocycles. The molecule has 27 heavy (non-hydrogen) atoms. The summed E-state index contributed by atoms with van der Waals surface area (Å²) in [6.45, 7) is 5.46. The largest absolute Gasteiger partial charge is 0.353 e. The van der Waals surface area contributed by atoms with Crippen molar-refractivity contribution in [1.29, 1.82) is 0 Å². The number of pyridine rings is 1. The Hall–Kier alpha value is -2.08. The summed E-state index contributed by atoms with van der Waals surface area (Å²) in [5.41, 5.74) is 1.76. The molecule has 1 amide bonds. The van der Waals surface area contributed by atoms with Gasteiger partial charge in [-0.25, -0.2) is 4.98 Å². The van der Waals surface area contributed by atoms with Gasteiger partial charge in [-0.2, -0.15) is 5.10 Å². The Balaban J connectivity index is 1.49. The molecule has 2 saturated heterocycles. The number of rotatable bonds is 3. The molecule has 2 aromatic rings. The van der Waals surface area contributed by atoms with Crippen molar-refractivity contribution in [3.8, 4) is 0 Å². The summed E-state index contributed by atoms with van der Waals surface area (Å²) >= 11 is 6.55. The molecule has 2 fully saturated rings. The Morgan fingerprint density at radius 1 is 1.15 bits per heavy atom. The number of likely N-dealkylation sites (tertiary alicyclic amines) is 1. The lowest BCUT2D eigenvalue weighted by atomic mass is 10.1. The van der Waals surface area contributed by atoms with Crippen molar-refractivity contribution in [2.24, 2.45) is 0 Å². The summed E-state index contributed by atoms with van der Waals surface area (Å²) in [5, 5.41) is 5.02. The van der Waals surface area contributed by atoms with E-state index >= 15 is 0 Å². The van der Waals surface area contributed by atoms with Gasteiger partial charge in [0.2, 0.25) is 0 Å². The van der Waals surface area contributed by atoms with Gasteiger partial charge in [0.25, 0.3) is 5.91 Å². The van der Waals surface area contributed by atoms with Gasteiger partial charge in [0.15, 0.2) is 0 Å². The first-order valence-electron chi connectivity index (χ1n) is 9.82. The zero-order chi connectivity index (χ0) is 18.8. The topological polar surface area (TPSA) is 54.3 Å². The maximum absolute atomic E-state index is 12.7. The van der Waals surface area contributed by atoms with Crippen molar-refractivity contribution in [2.45, 2.75) is 45.1 Å². The van der Waals surface area contributed by atoms with E-state index in [1.54, 1.807) is 12.3 Å². The Kier molecular flexibility index (Phi) is 5.34. The Bertz CT molecular complexity index is 814. The first-order chi connectivity index (χ1) is 13.1. The molecule has 1 unspecified atom stereocenters. The normalized spacial score (nSPS) is 20.7. The third-order valence-corrected chi connectivity index (χ3v) is 5.79. The van der Waals surface area contributed by atoms with E-state index in [-0.39, 0.29) is 5.91 Å². The second-order valence-corrected chi connectivity index (χ2v) is 8.03. The van der Waals surface area contributed by atoms with Gasteiger partial charge in [0.1, 0.15) is 5.82 Å². The van der Waals surface area contributed by atoms with Crippen LogP contribution in [0.2, 0.25) is 5.02 Å². The quantitative estimate of drug-likeness (QED) is 0.805. The Morgan fingerprint density at radius 2 is 1.96 bits per heavy atom. The molecule has 0 aliphatic carbocycles.